The van der Waals surface area contributed by atoms with Gasteiger partial charge in [-0.2, -0.15) is 4.99 Å². The summed E-state index contributed by atoms with van der Waals surface area (Å²) in [4.78, 5) is 28.8. The number of unbranched alkanes of at least 4 members (excludes halogenated alkanes) is 1. The van der Waals surface area contributed by atoms with Crippen molar-refractivity contribution in [1.82, 2.24) is 20.0 Å². The number of allylic oxidation sites excluding steroid dienone is 3. The van der Waals surface area contributed by atoms with Crippen LogP contribution in [0.25, 0.3) is 0 Å². The van der Waals surface area contributed by atoms with E-state index in [1.165, 1.54) is 0 Å². The molecule has 9 nitrogen and oxygen atoms in total. The average Bonchev–Trinajstić information content (AvgIpc) is 3.24. The first-order valence-electron chi connectivity index (χ1n) is 16.1. The summed E-state index contributed by atoms with van der Waals surface area (Å²) < 4.78 is 0. The number of rotatable bonds is 9. The highest BCUT2D eigenvalue weighted by Gasteiger charge is 2.28. The van der Waals surface area contributed by atoms with Crippen LogP contribution < -0.4 is 16.4 Å². The van der Waals surface area contributed by atoms with Crippen LogP contribution >= 0.6 is 0 Å². The smallest absolute Gasteiger partial charge is 0.246 e. The molecule has 4 rings (SSSR count). The Kier molecular flexibility index (Phi) is 11.8. The second-order valence-electron chi connectivity index (χ2n) is 12.2. The molecule has 0 aromatic heterocycles. The van der Waals surface area contributed by atoms with Crippen LogP contribution in [0.5, 0.6) is 0 Å². The maximum atomic E-state index is 12.6. The maximum absolute atomic E-state index is 12.6. The van der Waals surface area contributed by atoms with Gasteiger partial charge in [0.05, 0.1) is 6.54 Å². The first kappa shape index (κ1) is 32.3. The minimum atomic E-state index is 0.138. The molecule has 3 aliphatic rings. The van der Waals surface area contributed by atoms with Gasteiger partial charge in [-0.3, -0.25) is 9.69 Å². The number of piperidine rings is 1. The Morgan fingerprint density at radius 1 is 1.21 bits per heavy atom. The quantitative estimate of drug-likeness (QED) is 0.349. The van der Waals surface area contributed by atoms with Crippen molar-refractivity contribution in [2.75, 3.05) is 38.5 Å². The van der Waals surface area contributed by atoms with Crippen molar-refractivity contribution < 1.29 is 4.79 Å². The number of carbonyl (C=O) groups is 1. The van der Waals surface area contributed by atoms with Gasteiger partial charge in [-0.25, -0.2) is 4.99 Å². The third-order valence-corrected chi connectivity index (χ3v) is 8.48. The lowest BCUT2D eigenvalue weighted by Crippen LogP contribution is -2.53. The maximum Gasteiger partial charge on any atom is 0.246 e. The van der Waals surface area contributed by atoms with Gasteiger partial charge >= 0.3 is 0 Å². The van der Waals surface area contributed by atoms with Crippen LogP contribution in [-0.2, 0) is 11.3 Å². The first-order chi connectivity index (χ1) is 20.8. The summed E-state index contributed by atoms with van der Waals surface area (Å²) in [6, 6.07) is 9.08. The minimum Gasteiger partial charge on any atom is -0.382 e. The van der Waals surface area contributed by atoms with E-state index in [1.54, 1.807) is 6.08 Å². The molecule has 2 fully saturated rings. The molecule has 9 heteroatoms. The Labute approximate surface area is 258 Å². The number of benzene rings is 1. The highest BCUT2D eigenvalue weighted by atomic mass is 16.2. The molecule has 43 heavy (non-hydrogen) atoms. The SMILES string of the molecule is C=C/C(=C1/NC(N2CCC(N)CC2)=NC(=NCc2cccc(NC3CCCN(C(=O)/C=C/CCC)CC3)c2)N1C)C(C)C. The summed E-state index contributed by atoms with van der Waals surface area (Å²) in [7, 11) is 2.01. The molecule has 0 saturated carbocycles. The largest absolute Gasteiger partial charge is 0.382 e. The Balaban J connectivity index is 1.46. The number of hydrogen-bond acceptors (Lipinski definition) is 6. The van der Waals surface area contributed by atoms with Crippen molar-refractivity contribution in [1.29, 1.82) is 0 Å². The van der Waals surface area contributed by atoms with Crippen LogP contribution in [0.3, 0.4) is 0 Å². The molecule has 1 aromatic rings. The van der Waals surface area contributed by atoms with Crippen molar-refractivity contribution in [3.8, 4) is 0 Å². The molecule has 0 radical (unpaired) electrons. The lowest BCUT2D eigenvalue weighted by atomic mass is 10.0. The minimum absolute atomic E-state index is 0.138. The van der Waals surface area contributed by atoms with Gasteiger partial charge in [0.1, 0.15) is 5.82 Å². The molecular weight excluding hydrogens is 536 g/mol. The number of nitrogens with zero attached hydrogens (tertiary/aromatic N) is 5. The third kappa shape index (κ3) is 8.95. The molecule has 234 valence electrons. The van der Waals surface area contributed by atoms with Gasteiger partial charge in [-0.15, -0.1) is 0 Å². The van der Waals surface area contributed by atoms with Crippen LogP contribution in [-0.4, -0.2) is 77.8 Å². The normalized spacial score (nSPS) is 22.5. The van der Waals surface area contributed by atoms with Gasteiger partial charge in [0, 0.05) is 51.0 Å². The lowest BCUT2D eigenvalue weighted by Gasteiger charge is -2.38. The number of aliphatic imine (C=N–C) groups is 2. The van der Waals surface area contributed by atoms with Crippen molar-refractivity contribution in [2.45, 2.75) is 84.3 Å². The molecule has 0 spiro atoms. The van der Waals surface area contributed by atoms with E-state index in [-0.39, 0.29) is 11.9 Å². The van der Waals surface area contributed by atoms with Crippen molar-refractivity contribution >= 4 is 23.5 Å². The van der Waals surface area contributed by atoms with Gasteiger partial charge in [0.15, 0.2) is 0 Å². The molecule has 0 aliphatic carbocycles. The van der Waals surface area contributed by atoms with E-state index < -0.39 is 0 Å². The van der Waals surface area contributed by atoms with Crippen molar-refractivity contribution in [2.24, 2.45) is 21.6 Å². The van der Waals surface area contributed by atoms with Gasteiger partial charge in [-0.05, 0) is 73.8 Å². The average molecular weight is 589 g/mol. The molecule has 3 heterocycles. The second kappa shape index (κ2) is 15.8. The fraction of sp³-hybridized carbons (Fsp3) is 0.559. The monoisotopic (exact) mass is 588 g/mol. The summed E-state index contributed by atoms with van der Waals surface area (Å²) in [6.45, 7) is 14.4. The molecule has 2 saturated heterocycles. The molecule has 4 N–H and O–H groups in total. The standard InChI is InChI=1S/C34H52N8O/c1-6-8-9-15-31(43)41-19-11-14-28(18-22-41)37-29-13-10-12-26(23-29)24-36-33-39-34(42-20-16-27(35)17-21-42)38-32(40(33)5)30(7-2)25(3)4/h7,9-10,12-13,15,23,25,27-28,37H,2,6,8,11,14,16-22,24,35H2,1,3-5H3,(H,36,38,39)/b15-9+,32-30+. The topological polar surface area (TPSA) is 102 Å². The zero-order valence-corrected chi connectivity index (χ0v) is 26.7. The Bertz CT molecular complexity index is 1220. The summed E-state index contributed by atoms with van der Waals surface area (Å²) in [5, 5.41) is 7.31. The number of guanidine groups is 2. The van der Waals surface area contributed by atoms with Crippen LogP contribution in [0.15, 0.2) is 70.5 Å². The number of carbonyl (C=O) groups excluding carboxylic acids is 1. The molecule has 3 aliphatic heterocycles. The Morgan fingerprint density at radius 3 is 2.72 bits per heavy atom. The summed E-state index contributed by atoms with van der Waals surface area (Å²) in [5.41, 5.74) is 9.52. The summed E-state index contributed by atoms with van der Waals surface area (Å²) >= 11 is 0. The van der Waals surface area contributed by atoms with E-state index >= 15 is 0 Å². The number of hydrogen-bond donors (Lipinski definition) is 3. The zero-order valence-electron chi connectivity index (χ0n) is 26.7. The number of amides is 1. The number of nitrogens with two attached hydrogens (primary N) is 1. The third-order valence-electron chi connectivity index (χ3n) is 8.48. The molecule has 1 amide bonds. The van der Waals surface area contributed by atoms with E-state index in [0.717, 1.165) is 99.7 Å². The number of likely N-dealkylation sites (tertiary alicyclic amines) is 2. The van der Waals surface area contributed by atoms with Crippen molar-refractivity contribution in [3.63, 3.8) is 0 Å². The Hall–Kier alpha value is -3.59. The van der Waals surface area contributed by atoms with Crippen LogP contribution in [0.4, 0.5) is 5.69 Å². The molecule has 0 bridgehead atoms. The highest BCUT2D eigenvalue weighted by Crippen LogP contribution is 2.23. The molecule has 1 aromatic carbocycles. The number of anilines is 1. The van der Waals surface area contributed by atoms with Gasteiger partial charge < -0.3 is 26.2 Å². The van der Waals surface area contributed by atoms with Crippen LogP contribution in [0, 0.1) is 5.92 Å². The van der Waals surface area contributed by atoms with E-state index in [0.29, 0.717) is 24.5 Å². The molecular formula is C34H52N8O. The van der Waals surface area contributed by atoms with E-state index in [4.69, 9.17) is 15.7 Å². The number of nitrogens with one attached hydrogen (secondary N) is 2. The van der Waals surface area contributed by atoms with E-state index in [1.807, 2.05) is 29.0 Å². The van der Waals surface area contributed by atoms with Gasteiger partial charge in [0.25, 0.3) is 0 Å². The summed E-state index contributed by atoms with van der Waals surface area (Å²) in [5.74, 6) is 2.92. The molecule has 1 unspecified atom stereocenters. The van der Waals surface area contributed by atoms with Gasteiger partial charge in [-0.1, -0.05) is 58.1 Å². The van der Waals surface area contributed by atoms with E-state index in [9.17, 15) is 4.79 Å². The van der Waals surface area contributed by atoms with Crippen LogP contribution in [0.1, 0.15) is 71.3 Å². The zero-order chi connectivity index (χ0) is 30.8. The molecule has 1 atom stereocenters. The fourth-order valence-corrected chi connectivity index (χ4v) is 5.84. The fourth-order valence-electron chi connectivity index (χ4n) is 5.84. The first-order valence-corrected chi connectivity index (χ1v) is 16.1. The predicted octanol–water partition coefficient (Wildman–Crippen LogP) is 5.06. The van der Waals surface area contributed by atoms with E-state index in [2.05, 4.69) is 67.1 Å². The van der Waals surface area contributed by atoms with Gasteiger partial charge in [0.2, 0.25) is 17.8 Å². The second-order valence-corrected chi connectivity index (χ2v) is 12.2. The Morgan fingerprint density at radius 2 is 2.00 bits per heavy atom. The van der Waals surface area contributed by atoms with Crippen LogP contribution in [0.2, 0.25) is 0 Å². The highest BCUT2D eigenvalue weighted by molar-refractivity contribution is 5.99. The predicted molar refractivity (Wildman–Crippen MR) is 179 cm³/mol. The lowest BCUT2D eigenvalue weighted by molar-refractivity contribution is -0.126. The van der Waals surface area contributed by atoms with Crippen molar-refractivity contribution in [3.05, 3.63) is 66.0 Å². The summed E-state index contributed by atoms with van der Waals surface area (Å²) in [6.07, 6.45) is 12.6.